The van der Waals surface area contributed by atoms with E-state index in [9.17, 15) is 22.4 Å². The molecule has 0 saturated carbocycles. The molecule has 2 heterocycles. The second-order valence-electron chi connectivity index (χ2n) is 7.73. The number of ether oxygens (including phenoxy) is 1. The molecule has 1 aromatic heterocycles. The number of halogens is 5. The zero-order valence-electron chi connectivity index (χ0n) is 16.4. The molecule has 1 N–H and O–H groups in total. The van der Waals surface area contributed by atoms with E-state index in [1.165, 1.54) is 0 Å². The van der Waals surface area contributed by atoms with E-state index in [0.29, 0.717) is 19.0 Å². The molecule has 1 aromatic carbocycles. The van der Waals surface area contributed by atoms with Gasteiger partial charge in [0.05, 0.1) is 29.9 Å². The first-order valence-corrected chi connectivity index (χ1v) is 13.0. The van der Waals surface area contributed by atoms with Crippen molar-refractivity contribution in [3.8, 4) is 0 Å². The maximum Gasteiger partial charge on any atom is 0.418 e. The minimum Gasteiger partial charge on any atom is -0.444 e. The average molecular weight is 558 g/mol. The Morgan fingerprint density at radius 2 is 2.00 bits per heavy atom. The Morgan fingerprint density at radius 3 is 2.60 bits per heavy atom. The molecular formula is C18H20F4IN4O2P. The molecule has 12 heteroatoms. The Hall–Kier alpha value is -1.62. The van der Waals surface area contributed by atoms with Crippen LogP contribution < -0.4 is 5.32 Å². The number of fused-ring (bicyclic) bond motifs is 1. The molecule has 2 aromatic rings. The molecule has 6 nitrogen and oxygen atoms in total. The van der Waals surface area contributed by atoms with Crippen LogP contribution in [0.15, 0.2) is 18.2 Å². The topological polar surface area (TPSA) is 59.4 Å². The first-order valence-electron chi connectivity index (χ1n) is 8.98. The zero-order chi connectivity index (χ0) is 22.3. The molecule has 0 radical (unpaired) electrons. The molecule has 1 amide bonds. The van der Waals surface area contributed by atoms with Gasteiger partial charge in [0, 0.05) is 12.1 Å². The normalized spacial score (nSPS) is 14.9. The van der Waals surface area contributed by atoms with Crippen molar-refractivity contribution in [2.45, 2.75) is 45.5 Å². The molecule has 30 heavy (non-hydrogen) atoms. The highest BCUT2D eigenvalue weighted by Crippen LogP contribution is 2.39. The van der Waals surface area contributed by atoms with Crippen molar-refractivity contribution in [1.29, 1.82) is 0 Å². The lowest BCUT2D eigenvalue weighted by molar-refractivity contribution is -0.137. The summed E-state index contributed by atoms with van der Waals surface area (Å²) in [7, 11) is 0. The lowest BCUT2D eigenvalue weighted by Gasteiger charge is -2.30. The highest BCUT2D eigenvalue weighted by atomic mass is 127. The third kappa shape index (κ3) is 5.16. The van der Waals surface area contributed by atoms with Gasteiger partial charge < -0.3 is 15.0 Å². The van der Waals surface area contributed by atoms with Crippen molar-refractivity contribution in [2.24, 2.45) is 0 Å². The van der Waals surface area contributed by atoms with Gasteiger partial charge in [-0.15, -0.1) is 0 Å². The molecule has 164 valence electrons. The van der Waals surface area contributed by atoms with E-state index in [1.54, 1.807) is 30.1 Å². The summed E-state index contributed by atoms with van der Waals surface area (Å²) in [6.45, 7) is 5.92. The molecule has 1 atom stereocenters. The molecule has 0 bridgehead atoms. The van der Waals surface area contributed by atoms with Crippen molar-refractivity contribution in [1.82, 2.24) is 14.5 Å². The number of carbonyl (C=O) groups is 1. The molecule has 1 aliphatic rings. The van der Waals surface area contributed by atoms with Crippen LogP contribution in [0.5, 0.6) is 0 Å². The van der Waals surface area contributed by atoms with E-state index >= 15 is 0 Å². The average Bonchev–Trinajstić information content (AvgIpc) is 2.98. The SMILES string of the molecule is CC(C)(C)OC(=O)N1CCc2c(Nc3ccc(F)cc3C(F)(F)F)nn(PI)c2C1. The first kappa shape index (κ1) is 23.1. The maximum absolute atomic E-state index is 13.4. The molecule has 0 fully saturated rings. The summed E-state index contributed by atoms with van der Waals surface area (Å²) in [5, 5.41) is 7.11. The lowest BCUT2D eigenvalue weighted by atomic mass is 10.1. The second kappa shape index (κ2) is 8.49. The summed E-state index contributed by atoms with van der Waals surface area (Å²) in [6, 6.07) is 2.47. The summed E-state index contributed by atoms with van der Waals surface area (Å²) < 4.78 is 60.4. The monoisotopic (exact) mass is 558 g/mol. The minimum absolute atomic E-state index is 0.182. The Morgan fingerprint density at radius 1 is 1.30 bits per heavy atom. The van der Waals surface area contributed by atoms with E-state index < -0.39 is 29.3 Å². The van der Waals surface area contributed by atoms with Gasteiger partial charge in [0.2, 0.25) is 0 Å². The van der Waals surface area contributed by atoms with Crippen molar-refractivity contribution < 1.29 is 27.1 Å². The Labute approximate surface area is 185 Å². The van der Waals surface area contributed by atoms with Crippen molar-refractivity contribution >= 4 is 46.0 Å². The molecule has 1 aliphatic heterocycles. The predicted octanol–water partition coefficient (Wildman–Crippen LogP) is 5.87. The molecular weight excluding hydrogens is 538 g/mol. The molecule has 3 rings (SSSR count). The Balaban J connectivity index is 1.90. The number of hydrogen-bond acceptors (Lipinski definition) is 4. The highest BCUT2D eigenvalue weighted by molar-refractivity contribution is 14.2. The number of amides is 1. The highest BCUT2D eigenvalue weighted by Gasteiger charge is 2.35. The number of hydrogen-bond donors (Lipinski definition) is 1. The van der Waals surface area contributed by atoms with Gasteiger partial charge in [0.15, 0.2) is 5.82 Å². The van der Waals surface area contributed by atoms with Gasteiger partial charge in [-0.25, -0.2) is 13.6 Å². The molecule has 0 saturated heterocycles. The van der Waals surface area contributed by atoms with Gasteiger partial charge >= 0.3 is 12.3 Å². The molecule has 0 spiro atoms. The fourth-order valence-electron chi connectivity index (χ4n) is 3.06. The van der Waals surface area contributed by atoms with Crippen LogP contribution in [0.4, 0.5) is 33.9 Å². The quantitative estimate of drug-likeness (QED) is 0.291. The van der Waals surface area contributed by atoms with E-state index in [2.05, 4.69) is 32.5 Å². The third-order valence-corrected chi connectivity index (χ3v) is 6.23. The van der Waals surface area contributed by atoms with Gasteiger partial charge in [-0.3, -0.25) is 0 Å². The fourth-order valence-corrected chi connectivity index (χ4v) is 4.70. The number of alkyl halides is 3. The number of nitrogens with one attached hydrogen (secondary N) is 1. The second-order valence-corrected chi connectivity index (χ2v) is 9.77. The van der Waals surface area contributed by atoms with Gasteiger partial charge in [-0.05, 0) is 67.4 Å². The largest absolute Gasteiger partial charge is 0.444 e. The van der Waals surface area contributed by atoms with Crippen LogP contribution in [0.25, 0.3) is 0 Å². The van der Waals surface area contributed by atoms with E-state index in [-0.39, 0.29) is 24.4 Å². The van der Waals surface area contributed by atoms with Crippen LogP contribution in [0.1, 0.15) is 37.6 Å². The van der Waals surface area contributed by atoms with Crippen LogP contribution in [0.2, 0.25) is 0 Å². The first-order chi connectivity index (χ1) is 13.9. The summed E-state index contributed by atoms with van der Waals surface area (Å²) in [6.07, 6.45) is -4.58. The number of carbonyl (C=O) groups excluding carboxylic acids is 1. The van der Waals surface area contributed by atoms with E-state index in [1.807, 2.05) is 0 Å². The van der Waals surface area contributed by atoms with Crippen LogP contribution >= 0.6 is 28.4 Å². The Kier molecular flexibility index (Phi) is 6.52. The van der Waals surface area contributed by atoms with Crippen molar-refractivity contribution in [2.75, 3.05) is 11.9 Å². The van der Waals surface area contributed by atoms with Crippen LogP contribution in [0.3, 0.4) is 0 Å². The van der Waals surface area contributed by atoms with Crippen LogP contribution in [-0.2, 0) is 23.9 Å². The summed E-state index contributed by atoms with van der Waals surface area (Å²) in [4.78, 5) is 14.0. The molecule has 0 aliphatic carbocycles. The van der Waals surface area contributed by atoms with Crippen LogP contribution in [0, 0.1) is 5.82 Å². The van der Waals surface area contributed by atoms with Gasteiger partial charge in [0.25, 0.3) is 0 Å². The summed E-state index contributed by atoms with van der Waals surface area (Å²) in [5.41, 5.74) is -0.544. The smallest absolute Gasteiger partial charge is 0.418 e. The predicted molar refractivity (Wildman–Crippen MR) is 115 cm³/mol. The van der Waals surface area contributed by atoms with Crippen LogP contribution in [-0.4, -0.2) is 32.7 Å². The van der Waals surface area contributed by atoms with E-state index in [0.717, 1.165) is 23.4 Å². The number of aromatic nitrogens is 2. The standard InChI is InChI=1S/C18H20F4IN4O2P/c1-17(2,3)29-16(28)26-7-6-11-14(9-26)27(30-23)25-15(11)24-13-5-4-10(19)8-12(13)18(20,21)22/h4-5,8,30H,6-7,9H2,1-3H3,(H,24,25). The summed E-state index contributed by atoms with van der Waals surface area (Å²) >= 11 is 2.11. The third-order valence-electron chi connectivity index (χ3n) is 4.33. The Bertz CT molecular complexity index is 959. The van der Waals surface area contributed by atoms with Gasteiger partial charge in [-0.1, -0.05) is 0 Å². The van der Waals surface area contributed by atoms with E-state index in [4.69, 9.17) is 4.74 Å². The number of rotatable bonds is 3. The van der Waals surface area contributed by atoms with Crippen molar-refractivity contribution in [3.63, 3.8) is 0 Å². The summed E-state index contributed by atoms with van der Waals surface area (Å²) in [5.74, 6) is -0.697. The maximum atomic E-state index is 13.4. The zero-order valence-corrected chi connectivity index (χ0v) is 19.6. The van der Waals surface area contributed by atoms with Gasteiger partial charge in [0.1, 0.15) is 11.4 Å². The van der Waals surface area contributed by atoms with Gasteiger partial charge in [-0.2, -0.15) is 18.3 Å². The molecule has 1 unspecified atom stereocenters. The fraction of sp³-hybridized carbons (Fsp3) is 0.444. The number of benzene rings is 1. The number of anilines is 2. The minimum atomic E-state index is -4.72. The van der Waals surface area contributed by atoms with Crippen molar-refractivity contribution in [3.05, 3.63) is 40.8 Å². The number of nitrogens with zero attached hydrogens (tertiary/aromatic N) is 3. The lowest BCUT2D eigenvalue weighted by Crippen LogP contribution is -2.40.